The number of rotatable bonds is 11. The summed E-state index contributed by atoms with van der Waals surface area (Å²) in [5, 5.41) is 16.7. The lowest BCUT2D eigenvalue weighted by Crippen LogP contribution is -2.61. The molecular weight excluding hydrogens is 775 g/mol. The van der Waals surface area contributed by atoms with Crippen molar-refractivity contribution in [2.24, 2.45) is 22.2 Å². The lowest BCUT2D eigenvalue weighted by molar-refractivity contribution is -0.136. The van der Waals surface area contributed by atoms with Crippen LogP contribution in [0.15, 0.2) is 78.3 Å². The maximum atomic E-state index is 14.3. The van der Waals surface area contributed by atoms with Crippen LogP contribution < -0.4 is 49.1 Å². The van der Waals surface area contributed by atoms with Gasteiger partial charge in [-0.05, 0) is 43.9 Å². The van der Waals surface area contributed by atoms with Crippen molar-refractivity contribution < 1.29 is 33.6 Å². The molecular formula is C40H51N13O7. The van der Waals surface area contributed by atoms with Gasteiger partial charge in [-0.25, -0.2) is 4.98 Å². The number of para-hydroxylation sites is 1. The van der Waals surface area contributed by atoms with Crippen LogP contribution in [0, 0.1) is 0 Å². The van der Waals surface area contributed by atoms with E-state index in [1.165, 1.54) is 26.4 Å². The number of aromatic amines is 2. The van der Waals surface area contributed by atoms with Crippen molar-refractivity contribution in [2.45, 2.75) is 88.1 Å². The van der Waals surface area contributed by atoms with Gasteiger partial charge in [-0.15, -0.1) is 0 Å². The van der Waals surface area contributed by atoms with Gasteiger partial charge in [0.2, 0.25) is 41.4 Å². The molecule has 20 nitrogen and oxygen atoms in total. The number of nitrogens with two attached hydrogens (primary N) is 3. The van der Waals surface area contributed by atoms with Gasteiger partial charge >= 0.3 is 0 Å². The molecule has 0 spiro atoms. The van der Waals surface area contributed by atoms with E-state index in [1.807, 2.05) is 18.2 Å². The number of hydrogen-bond acceptors (Lipinski definition) is 9. The third kappa shape index (κ3) is 12.1. The first kappa shape index (κ1) is 43.9. The van der Waals surface area contributed by atoms with Crippen LogP contribution in [0.5, 0.6) is 0 Å². The molecule has 318 valence electrons. The maximum absolute atomic E-state index is 14.3. The number of imidazole rings is 1. The highest BCUT2D eigenvalue weighted by Crippen LogP contribution is 2.20. The zero-order valence-electron chi connectivity index (χ0n) is 33.2. The number of hydrogen-bond donors (Lipinski definition) is 11. The Balaban J connectivity index is 1.56. The van der Waals surface area contributed by atoms with E-state index >= 15 is 0 Å². The van der Waals surface area contributed by atoms with E-state index in [-0.39, 0.29) is 44.6 Å². The van der Waals surface area contributed by atoms with E-state index < -0.39 is 83.5 Å². The Bertz CT molecular complexity index is 2200. The van der Waals surface area contributed by atoms with Crippen LogP contribution in [-0.2, 0) is 52.8 Å². The Hall–Kier alpha value is -7.25. The average Bonchev–Trinajstić information content (AvgIpc) is 3.87. The number of fused-ring (bicyclic) bond motifs is 1. The molecule has 0 aliphatic carbocycles. The van der Waals surface area contributed by atoms with Gasteiger partial charge in [0.05, 0.1) is 12.7 Å². The zero-order chi connectivity index (χ0) is 43.4. The molecule has 0 unspecified atom stereocenters. The normalized spacial score (nSPS) is 22.1. The predicted octanol–water partition coefficient (Wildman–Crippen LogP) is -1.82. The highest BCUT2D eigenvalue weighted by Gasteiger charge is 2.37. The van der Waals surface area contributed by atoms with Crippen LogP contribution in [0.1, 0.15) is 49.9 Å². The van der Waals surface area contributed by atoms with Crippen molar-refractivity contribution in [3.63, 3.8) is 0 Å². The van der Waals surface area contributed by atoms with Gasteiger partial charge in [-0.1, -0.05) is 48.5 Å². The second-order valence-corrected chi connectivity index (χ2v) is 15.0. The average molecular weight is 826 g/mol. The Morgan fingerprint density at radius 2 is 1.37 bits per heavy atom. The van der Waals surface area contributed by atoms with Crippen LogP contribution in [0.25, 0.3) is 10.9 Å². The SMILES string of the molecule is CC1(C)NC(=O)C[C@@H](C(N)=O)NC(=O)[C@H](Cc2c[nH]c3ccccc23)NC(=O)[C@H](CCCN=C(N)N)NC(=O)[C@@H](Cc2ccccc2)NC(=O)[C@H](Cc2cnc[nH]2)NC1=O. The topological polar surface area (TPSA) is 327 Å². The highest BCUT2D eigenvalue weighted by molar-refractivity contribution is 5.99. The van der Waals surface area contributed by atoms with Crippen molar-refractivity contribution in [3.8, 4) is 0 Å². The van der Waals surface area contributed by atoms with Gasteiger partial charge in [0.1, 0.15) is 35.7 Å². The minimum Gasteiger partial charge on any atom is -0.370 e. The van der Waals surface area contributed by atoms with Crippen LogP contribution in [0.4, 0.5) is 0 Å². The smallest absolute Gasteiger partial charge is 0.245 e. The fourth-order valence-corrected chi connectivity index (χ4v) is 6.68. The van der Waals surface area contributed by atoms with Gasteiger partial charge in [0.25, 0.3) is 0 Å². The van der Waals surface area contributed by atoms with Crippen LogP contribution in [0.2, 0.25) is 0 Å². The number of aliphatic imine (C=N–C) groups is 1. The maximum Gasteiger partial charge on any atom is 0.245 e. The van der Waals surface area contributed by atoms with Crippen molar-refractivity contribution in [1.29, 1.82) is 0 Å². The summed E-state index contributed by atoms with van der Waals surface area (Å²) in [5.74, 6) is -6.01. The van der Waals surface area contributed by atoms with Crippen LogP contribution in [0.3, 0.4) is 0 Å². The number of H-pyrrole nitrogens is 2. The summed E-state index contributed by atoms with van der Waals surface area (Å²) in [7, 11) is 0. The molecule has 5 atom stereocenters. The molecule has 1 aliphatic heterocycles. The van der Waals surface area contributed by atoms with Crippen molar-refractivity contribution >= 4 is 58.2 Å². The summed E-state index contributed by atoms with van der Waals surface area (Å²) in [6.07, 6.45) is 3.85. The van der Waals surface area contributed by atoms with Crippen molar-refractivity contribution in [2.75, 3.05) is 6.54 Å². The third-order valence-corrected chi connectivity index (χ3v) is 9.90. The number of nitrogens with one attached hydrogen (secondary N) is 8. The van der Waals surface area contributed by atoms with E-state index in [0.717, 1.165) is 10.9 Å². The van der Waals surface area contributed by atoms with E-state index in [1.54, 1.807) is 42.6 Å². The molecule has 1 aliphatic rings. The second-order valence-electron chi connectivity index (χ2n) is 15.0. The molecule has 2 aromatic carbocycles. The number of nitrogens with zero attached hydrogens (tertiary/aromatic N) is 2. The quantitative estimate of drug-likeness (QED) is 0.0457. The first-order chi connectivity index (χ1) is 28.6. The largest absolute Gasteiger partial charge is 0.370 e. The summed E-state index contributed by atoms with van der Waals surface area (Å²) in [5.41, 5.74) is 17.6. The minimum atomic E-state index is -1.67. The number of carbonyl (C=O) groups is 7. The van der Waals surface area contributed by atoms with Crippen molar-refractivity contribution in [1.82, 2.24) is 46.9 Å². The number of primary amides is 1. The standard InChI is InChI=1S/C40H51N13O7/c1-40(2)38(60)52-31(17-24-20-44-21-47-24)37(59)50-29(15-22-9-4-3-5-10-22)35(57)48-27(13-8-14-45-39(42)43)34(56)51-30(16-23-19-46-26-12-7-6-11-25(23)26)36(58)49-28(33(41)55)18-32(54)53-40/h3-7,9-12,19-21,27-31,46H,8,13-18H2,1-2H3,(H2,41,55)(H,44,47)(H,48,57)(H,49,58)(H,50,59)(H,51,56)(H,52,60)(H,53,54)(H4,42,43,45)/t27-,28-,29+,30-,31-/m0/s1. The van der Waals surface area contributed by atoms with Gasteiger partial charge in [0, 0.05) is 54.8 Å². The van der Waals surface area contributed by atoms with Crippen molar-refractivity contribution in [3.05, 3.63) is 90.1 Å². The Kier molecular flexibility index (Phi) is 14.6. The number of benzene rings is 2. The summed E-state index contributed by atoms with van der Waals surface area (Å²) in [4.78, 5) is 111. The molecule has 0 saturated carbocycles. The molecule has 7 amide bonds. The van der Waals surface area contributed by atoms with Gasteiger partial charge in [-0.3, -0.25) is 38.6 Å². The van der Waals surface area contributed by atoms with Gasteiger partial charge < -0.3 is 59.1 Å². The van der Waals surface area contributed by atoms with E-state index in [4.69, 9.17) is 17.2 Å². The Labute approximate surface area is 345 Å². The molecule has 0 bridgehead atoms. The first-order valence-corrected chi connectivity index (χ1v) is 19.3. The predicted molar refractivity (Wildman–Crippen MR) is 220 cm³/mol. The number of amides is 7. The summed E-state index contributed by atoms with van der Waals surface area (Å²) >= 11 is 0. The molecule has 60 heavy (non-hydrogen) atoms. The molecule has 1 saturated heterocycles. The molecule has 20 heteroatoms. The number of carbonyl (C=O) groups excluding carboxylic acids is 7. The van der Waals surface area contributed by atoms with Crippen LogP contribution >= 0.6 is 0 Å². The number of aromatic nitrogens is 3. The van der Waals surface area contributed by atoms with E-state index in [0.29, 0.717) is 16.8 Å². The molecule has 3 heterocycles. The third-order valence-electron chi connectivity index (χ3n) is 9.90. The van der Waals surface area contributed by atoms with E-state index in [9.17, 15) is 33.6 Å². The summed E-state index contributed by atoms with van der Waals surface area (Å²) in [6, 6.07) is 9.28. The second kappa shape index (κ2) is 19.9. The minimum absolute atomic E-state index is 0.0144. The Morgan fingerprint density at radius 3 is 2.03 bits per heavy atom. The molecule has 1 fully saturated rings. The fourth-order valence-electron chi connectivity index (χ4n) is 6.68. The molecule has 14 N–H and O–H groups in total. The van der Waals surface area contributed by atoms with Gasteiger partial charge in [0.15, 0.2) is 5.96 Å². The molecule has 2 aromatic heterocycles. The van der Waals surface area contributed by atoms with E-state index in [2.05, 4.69) is 51.8 Å². The lowest BCUT2D eigenvalue weighted by atomic mass is 10.0. The van der Waals surface area contributed by atoms with Gasteiger partial charge in [-0.2, -0.15) is 0 Å². The lowest BCUT2D eigenvalue weighted by Gasteiger charge is -2.29. The Morgan fingerprint density at radius 1 is 0.750 bits per heavy atom. The van der Waals surface area contributed by atoms with Crippen LogP contribution in [-0.4, -0.2) is 105 Å². The summed E-state index contributed by atoms with van der Waals surface area (Å²) in [6.45, 7) is 2.87. The molecule has 0 radical (unpaired) electrons. The molecule has 4 aromatic rings. The number of guanidine groups is 1. The first-order valence-electron chi connectivity index (χ1n) is 19.3. The zero-order valence-corrected chi connectivity index (χ0v) is 33.2. The fraction of sp³-hybridized carbons (Fsp3) is 0.375. The highest BCUT2D eigenvalue weighted by atomic mass is 16.2. The molecule has 5 rings (SSSR count). The monoisotopic (exact) mass is 825 g/mol. The summed E-state index contributed by atoms with van der Waals surface area (Å²) < 4.78 is 0.